The van der Waals surface area contributed by atoms with Gasteiger partial charge in [-0.2, -0.15) is 5.10 Å². The fourth-order valence-electron chi connectivity index (χ4n) is 5.62. The lowest BCUT2D eigenvalue weighted by Crippen LogP contribution is -2.50. The maximum atomic E-state index is 10.2. The molecular weight excluding hydrogens is 466 g/mol. The minimum Gasteiger partial charge on any atom is -0.491 e. The van der Waals surface area contributed by atoms with Crippen LogP contribution in [0.1, 0.15) is 63.7 Å². The van der Waals surface area contributed by atoms with Gasteiger partial charge in [0.1, 0.15) is 29.7 Å². The Morgan fingerprint density at radius 3 is 2.41 bits per heavy atom. The smallest absolute Gasteiger partial charge is 0.178 e. The third-order valence-corrected chi connectivity index (χ3v) is 7.45. The summed E-state index contributed by atoms with van der Waals surface area (Å²) >= 11 is 0. The van der Waals surface area contributed by atoms with Crippen molar-refractivity contribution in [2.24, 2.45) is 0 Å². The minimum absolute atomic E-state index is 0.201. The van der Waals surface area contributed by atoms with Crippen LogP contribution in [0.2, 0.25) is 0 Å². The predicted molar refractivity (Wildman–Crippen MR) is 145 cm³/mol. The molecule has 1 unspecified atom stereocenters. The lowest BCUT2D eigenvalue weighted by molar-refractivity contribution is 0.0120. The molecule has 1 fully saturated rings. The third kappa shape index (κ3) is 5.30. The molecule has 9 heteroatoms. The molecule has 0 saturated carbocycles. The number of hydrogen-bond acceptors (Lipinski definition) is 7. The number of imidazole rings is 1. The fraction of sp³-hybridized carbons (Fsp3) is 0.607. The molecule has 5 rings (SSSR count). The van der Waals surface area contributed by atoms with Crippen molar-refractivity contribution in [1.29, 1.82) is 0 Å². The van der Waals surface area contributed by atoms with E-state index in [0.717, 1.165) is 67.2 Å². The van der Waals surface area contributed by atoms with Crippen molar-refractivity contribution >= 4 is 0 Å². The minimum atomic E-state index is -0.663. The third-order valence-electron chi connectivity index (χ3n) is 7.45. The Morgan fingerprint density at radius 2 is 1.73 bits per heavy atom. The molecule has 200 valence electrons. The average molecular weight is 508 g/mol. The van der Waals surface area contributed by atoms with Crippen molar-refractivity contribution < 1.29 is 9.84 Å². The van der Waals surface area contributed by atoms with E-state index < -0.39 is 5.60 Å². The summed E-state index contributed by atoms with van der Waals surface area (Å²) in [4.78, 5) is 14.7. The molecule has 1 saturated heterocycles. The van der Waals surface area contributed by atoms with Gasteiger partial charge in [0.25, 0.3) is 0 Å². The Balaban J connectivity index is 1.45. The quantitative estimate of drug-likeness (QED) is 0.543. The first-order chi connectivity index (χ1) is 17.5. The molecule has 37 heavy (non-hydrogen) atoms. The summed E-state index contributed by atoms with van der Waals surface area (Å²) in [5, 5.41) is 14.8. The van der Waals surface area contributed by atoms with E-state index in [-0.39, 0.29) is 12.1 Å². The molecule has 2 aromatic heterocycles. The number of fused-ring (bicyclic) bond motifs is 3. The summed E-state index contributed by atoms with van der Waals surface area (Å²) in [5.74, 6) is 3.37. The van der Waals surface area contributed by atoms with Crippen LogP contribution in [-0.4, -0.2) is 84.2 Å². The van der Waals surface area contributed by atoms with Crippen LogP contribution < -0.4 is 4.74 Å². The van der Waals surface area contributed by atoms with Crippen LogP contribution in [-0.2, 0) is 6.54 Å². The van der Waals surface area contributed by atoms with Crippen molar-refractivity contribution in [1.82, 2.24) is 34.1 Å². The highest BCUT2D eigenvalue weighted by Gasteiger charge is 2.28. The summed E-state index contributed by atoms with van der Waals surface area (Å²) in [5.41, 5.74) is 3.75. The molecule has 9 nitrogen and oxygen atoms in total. The maximum Gasteiger partial charge on any atom is 0.178 e. The Morgan fingerprint density at radius 1 is 1.00 bits per heavy atom. The molecule has 1 atom stereocenters. The molecule has 2 aliphatic heterocycles. The van der Waals surface area contributed by atoms with E-state index in [1.807, 2.05) is 25.5 Å². The lowest BCUT2D eigenvalue weighted by atomic mass is 9.96. The zero-order chi connectivity index (χ0) is 26.5. The van der Waals surface area contributed by atoms with Crippen LogP contribution in [0.25, 0.3) is 22.9 Å². The zero-order valence-electron chi connectivity index (χ0n) is 23.3. The van der Waals surface area contributed by atoms with Crippen molar-refractivity contribution in [2.45, 2.75) is 72.7 Å². The Hall–Kier alpha value is -2.75. The topological polar surface area (TPSA) is 84.5 Å². The summed E-state index contributed by atoms with van der Waals surface area (Å²) in [6.45, 7) is 20.3. The maximum absolute atomic E-state index is 10.2. The number of ether oxygens (including phenoxy) is 1. The lowest BCUT2D eigenvalue weighted by Gasteiger charge is -2.40. The van der Waals surface area contributed by atoms with Gasteiger partial charge >= 0.3 is 0 Å². The van der Waals surface area contributed by atoms with Gasteiger partial charge in [-0.3, -0.25) is 9.80 Å². The number of aromatic nitrogens is 5. The van der Waals surface area contributed by atoms with Gasteiger partial charge in [0.05, 0.1) is 17.7 Å². The van der Waals surface area contributed by atoms with E-state index in [1.165, 1.54) is 11.1 Å². The molecule has 2 aliphatic rings. The predicted octanol–water partition coefficient (Wildman–Crippen LogP) is 3.85. The van der Waals surface area contributed by atoms with Crippen LogP contribution in [0.4, 0.5) is 0 Å². The summed E-state index contributed by atoms with van der Waals surface area (Å²) < 4.78 is 10.3. The van der Waals surface area contributed by atoms with Gasteiger partial charge in [0.15, 0.2) is 5.82 Å². The van der Waals surface area contributed by atoms with Crippen molar-refractivity contribution in [3.05, 3.63) is 35.3 Å². The Kier molecular flexibility index (Phi) is 6.89. The van der Waals surface area contributed by atoms with Crippen LogP contribution in [0.5, 0.6) is 5.75 Å². The van der Waals surface area contributed by atoms with Gasteiger partial charge in [-0.25, -0.2) is 14.6 Å². The highest BCUT2D eigenvalue weighted by atomic mass is 16.5. The molecule has 0 bridgehead atoms. The number of benzene rings is 1. The molecule has 3 aromatic rings. The van der Waals surface area contributed by atoms with Crippen LogP contribution in [0.15, 0.2) is 18.3 Å². The van der Waals surface area contributed by atoms with Gasteiger partial charge < -0.3 is 14.4 Å². The van der Waals surface area contributed by atoms with E-state index in [9.17, 15) is 5.11 Å². The molecule has 0 spiro atoms. The standard InChI is InChI=1S/C28H41N7O2/c1-18(2)35-27(29-21(5)31-35)24-16-34-12-13-37-25-14-19(3)22(15-23(25)26(34)30-24)20(4)33-10-8-32(9-11-33)17-28(6,7)36/h14-16,18,20,36H,8-13,17H2,1-7H3. The second kappa shape index (κ2) is 9.85. The van der Waals surface area contributed by atoms with Crippen LogP contribution in [0.3, 0.4) is 0 Å². The molecular formula is C28H41N7O2. The van der Waals surface area contributed by atoms with E-state index >= 15 is 0 Å². The molecule has 0 aliphatic carbocycles. The van der Waals surface area contributed by atoms with Crippen molar-refractivity contribution in [2.75, 3.05) is 39.3 Å². The number of piperazine rings is 1. The first-order valence-electron chi connectivity index (χ1n) is 13.5. The largest absolute Gasteiger partial charge is 0.491 e. The molecule has 4 heterocycles. The molecule has 1 aromatic carbocycles. The SMILES string of the molecule is Cc1nc(-c2cn3c(n2)-c2cc(C(C)N4CCN(CC(C)(C)O)CC4)c(C)cc2OCC3)n(C(C)C)n1. The van der Waals surface area contributed by atoms with E-state index in [2.05, 4.69) is 65.5 Å². The number of nitrogens with zero attached hydrogens (tertiary/aromatic N) is 7. The highest BCUT2D eigenvalue weighted by Crippen LogP contribution is 2.38. The van der Waals surface area contributed by atoms with Crippen molar-refractivity contribution in [3.8, 4) is 28.7 Å². The molecule has 1 N–H and O–H groups in total. The van der Waals surface area contributed by atoms with Crippen LogP contribution in [0, 0.1) is 13.8 Å². The molecule has 0 amide bonds. The van der Waals surface area contributed by atoms with Gasteiger partial charge in [0, 0.05) is 51.0 Å². The van der Waals surface area contributed by atoms with Crippen molar-refractivity contribution in [3.63, 3.8) is 0 Å². The second-order valence-electron chi connectivity index (χ2n) is 11.5. The Labute approximate surface area is 220 Å². The number of hydrogen-bond donors (Lipinski definition) is 1. The number of aryl methyl sites for hydroxylation is 2. The van der Waals surface area contributed by atoms with E-state index in [4.69, 9.17) is 14.7 Å². The van der Waals surface area contributed by atoms with Gasteiger partial charge in [-0.1, -0.05) is 0 Å². The zero-order valence-corrected chi connectivity index (χ0v) is 23.3. The van der Waals surface area contributed by atoms with Gasteiger partial charge in [-0.15, -0.1) is 0 Å². The normalized spacial score (nSPS) is 17.9. The second-order valence-corrected chi connectivity index (χ2v) is 11.5. The summed E-state index contributed by atoms with van der Waals surface area (Å²) in [6.07, 6.45) is 2.08. The van der Waals surface area contributed by atoms with E-state index in [0.29, 0.717) is 13.2 Å². The first kappa shape index (κ1) is 25.9. The van der Waals surface area contributed by atoms with E-state index in [1.54, 1.807) is 0 Å². The Bertz CT molecular complexity index is 1260. The fourth-order valence-corrected chi connectivity index (χ4v) is 5.62. The van der Waals surface area contributed by atoms with Gasteiger partial charge in [-0.05, 0) is 71.7 Å². The van der Waals surface area contributed by atoms with Gasteiger partial charge in [0.2, 0.25) is 0 Å². The first-order valence-corrected chi connectivity index (χ1v) is 13.5. The monoisotopic (exact) mass is 507 g/mol. The molecule has 0 radical (unpaired) electrons. The number of β-amino-alcohol motifs (C(OH)–C–C–N with tert-alkyl or cyclic N) is 1. The summed E-state index contributed by atoms with van der Waals surface area (Å²) in [6, 6.07) is 4.93. The van der Waals surface area contributed by atoms with Crippen LogP contribution >= 0.6 is 0 Å². The highest BCUT2D eigenvalue weighted by molar-refractivity contribution is 5.70. The number of aliphatic hydroxyl groups is 1. The average Bonchev–Trinajstić information content (AvgIpc) is 3.38. The summed E-state index contributed by atoms with van der Waals surface area (Å²) in [7, 11) is 0. The number of rotatable bonds is 6.